The van der Waals surface area contributed by atoms with E-state index in [1.165, 1.54) is 32.3 Å². The molecular weight excluding hydrogens is 322 g/mol. The zero-order chi connectivity index (χ0) is 15.0. The summed E-state index contributed by atoms with van der Waals surface area (Å²) in [5.74, 6) is 0. The SMILES string of the molecule is Cc1cc(C)c(CC2(c3ccccc3Br)CNC2)c(C)c1. The van der Waals surface area contributed by atoms with E-state index >= 15 is 0 Å². The molecule has 1 nitrogen and oxygen atoms in total. The molecule has 1 aliphatic heterocycles. The van der Waals surface area contributed by atoms with Crippen LogP contribution in [0.25, 0.3) is 0 Å². The quantitative estimate of drug-likeness (QED) is 0.867. The van der Waals surface area contributed by atoms with Gasteiger partial charge in [0, 0.05) is 23.0 Å². The Bertz CT molecular complexity index is 648. The molecule has 1 fully saturated rings. The highest BCUT2D eigenvalue weighted by molar-refractivity contribution is 9.10. The van der Waals surface area contributed by atoms with Crippen molar-refractivity contribution in [2.24, 2.45) is 0 Å². The predicted octanol–water partition coefficient (Wildman–Crippen LogP) is 4.46. The first-order chi connectivity index (χ1) is 10.0. The zero-order valence-corrected chi connectivity index (χ0v) is 14.5. The van der Waals surface area contributed by atoms with Gasteiger partial charge in [-0.15, -0.1) is 0 Å². The van der Waals surface area contributed by atoms with Crippen molar-refractivity contribution in [3.63, 3.8) is 0 Å². The third-order valence-corrected chi connectivity index (χ3v) is 5.42. The number of halogens is 1. The predicted molar refractivity (Wildman–Crippen MR) is 93.0 cm³/mol. The van der Waals surface area contributed by atoms with E-state index in [-0.39, 0.29) is 5.41 Å². The maximum Gasteiger partial charge on any atom is 0.0254 e. The minimum Gasteiger partial charge on any atom is -0.315 e. The van der Waals surface area contributed by atoms with Gasteiger partial charge in [-0.05, 0) is 55.5 Å². The molecule has 0 atom stereocenters. The van der Waals surface area contributed by atoms with Crippen LogP contribution in [0.5, 0.6) is 0 Å². The fraction of sp³-hybridized carbons (Fsp3) is 0.368. The molecule has 0 saturated carbocycles. The van der Waals surface area contributed by atoms with Gasteiger partial charge in [0.1, 0.15) is 0 Å². The van der Waals surface area contributed by atoms with Crippen molar-refractivity contribution in [3.8, 4) is 0 Å². The van der Waals surface area contributed by atoms with Crippen LogP contribution in [0.4, 0.5) is 0 Å². The van der Waals surface area contributed by atoms with E-state index in [0.29, 0.717) is 0 Å². The van der Waals surface area contributed by atoms with Gasteiger partial charge in [-0.25, -0.2) is 0 Å². The topological polar surface area (TPSA) is 12.0 Å². The Kier molecular flexibility index (Phi) is 3.94. The molecule has 0 unspecified atom stereocenters. The van der Waals surface area contributed by atoms with Crippen LogP contribution in [0.1, 0.15) is 27.8 Å². The first kappa shape index (κ1) is 14.8. The van der Waals surface area contributed by atoms with Crippen LogP contribution >= 0.6 is 15.9 Å². The van der Waals surface area contributed by atoms with E-state index in [2.05, 4.69) is 78.4 Å². The molecule has 1 N–H and O–H groups in total. The minimum atomic E-state index is 0.227. The molecule has 1 aliphatic rings. The van der Waals surface area contributed by atoms with Gasteiger partial charge in [-0.1, -0.05) is 51.8 Å². The number of hydrogen-bond donors (Lipinski definition) is 1. The fourth-order valence-corrected chi connectivity index (χ4v) is 4.26. The average Bonchev–Trinajstić information content (AvgIpc) is 2.37. The van der Waals surface area contributed by atoms with E-state index in [9.17, 15) is 0 Å². The molecule has 0 amide bonds. The lowest BCUT2D eigenvalue weighted by Crippen LogP contribution is -2.58. The molecule has 21 heavy (non-hydrogen) atoms. The zero-order valence-electron chi connectivity index (χ0n) is 13.0. The van der Waals surface area contributed by atoms with Crippen LogP contribution in [0.3, 0.4) is 0 Å². The van der Waals surface area contributed by atoms with Crippen LogP contribution in [0.15, 0.2) is 40.9 Å². The van der Waals surface area contributed by atoms with Gasteiger partial charge in [0.15, 0.2) is 0 Å². The number of nitrogens with one attached hydrogen (secondary N) is 1. The molecule has 1 saturated heterocycles. The van der Waals surface area contributed by atoms with Gasteiger partial charge in [0.25, 0.3) is 0 Å². The Balaban J connectivity index is 2.01. The summed E-state index contributed by atoms with van der Waals surface area (Å²) in [6.07, 6.45) is 1.11. The Hall–Kier alpha value is -1.12. The number of benzene rings is 2. The highest BCUT2D eigenvalue weighted by Gasteiger charge is 2.40. The number of aryl methyl sites for hydroxylation is 3. The summed E-state index contributed by atoms with van der Waals surface area (Å²) in [6, 6.07) is 13.3. The second kappa shape index (κ2) is 5.58. The van der Waals surface area contributed by atoms with E-state index in [1.54, 1.807) is 0 Å². The lowest BCUT2D eigenvalue weighted by Gasteiger charge is -2.44. The highest BCUT2D eigenvalue weighted by Crippen LogP contribution is 2.38. The largest absolute Gasteiger partial charge is 0.315 e. The summed E-state index contributed by atoms with van der Waals surface area (Å²) in [4.78, 5) is 0. The smallest absolute Gasteiger partial charge is 0.0254 e. The average molecular weight is 344 g/mol. The Morgan fingerprint density at radius 2 is 1.67 bits per heavy atom. The molecule has 0 aliphatic carbocycles. The van der Waals surface area contributed by atoms with Gasteiger partial charge in [0.2, 0.25) is 0 Å². The van der Waals surface area contributed by atoms with Gasteiger partial charge in [-0.2, -0.15) is 0 Å². The van der Waals surface area contributed by atoms with E-state index < -0.39 is 0 Å². The molecule has 0 radical (unpaired) electrons. The fourth-order valence-electron chi connectivity index (χ4n) is 3.56. The number of rotatable bonds is 3. The van der Waals surface area contributed by atoms with E-state index in [4.69, 9.17) is 0 Å². The highest BCUT2D eigenvalue weighted by atomic mass is 79.9. The summed E-state index contributed by atoms with van der Waals surface area (Å²) in [5, 5.41) is 3.48. The van der Waals surface area contributed by atoms with Gasteiger partial charge >= 0.3 is 0 Å². The summed E-state index contributed by atoms with van der Waals surface area (Å²) in [5.41, 5.74) is 7.37. The maximum absolute atomic E-state index is 3.74. The minimum absolute atomic E-state index is 0.227. The molecule has 0 aromatic heterocycles. The Labute approximate surface area is 135 Å². The normalized spacial score (nSPS) is 16.6. The molecule has 0 spiro atoms. The monoisotopic (exact) mass is 343 g/mol. The molecule has 2 heteroatoms. The third kappa shape index (κ3) is 2.67. The summed E-state index contributed by atoms with van der Waals surface area (Å²) in [6.45, 7) is 8.79. The first-order valence-electron chi connectivity index (χ1n) is 7.54. The van der Waals surface area contributed by atoms with Gasteiger partial charge in [0.05, 0.1) is 0 Å². The molecular formula is C19H22BrN. The van der Waals surface area contributed by atoms with Crippen LogP contribution in [-0.4, -0.2) is 13.1 Å². The molecule has 3 rings (SSSR count). The van der Waals surface area contributed by atoms with Crippen molar-refractivity contribution in [2.45, 2.75) is 32.6 Å². The number of hydrogen-bond acceptors (Lipinski definition) is 1. The Morgan fingerprint density at radius 1 is 1.05 bits per heavy atom. The summed E-state index contributed by atoms with van der Waals surface area (Å²) < 4.78 is 1.23. The van der Waals surface area contributed by atoms with Gasteiger partial charge in [-0.3, -0.25) is 0 Å². The van der Waals surface area contributed by atoms with Crippen molar-refractivity contribution >= 4 is 15.9 Å². The van der Waals surface area contributed by atoms with Crippen LogP contribution in [0, 0.1) is 20.8 Å². The third-order valence-electron chi connectivity index (χ3n) is 4.73. The standard InChI is InChI=1S/C19H22BrN/c1-13-8-14(2)16(15(3)9-13)10-19(11-21-12-19)17-6-4-5-7-18(17)20/h4-9,21H,10-12H2,1-3H3. The Morgan fingerprint density at radius 3 is 2.19 bits per heavy atom. The van der Waals surface area contributed by atoms with Crippen LogP contribution in [-0.2, 0) is 11.8 Å². The molecule has 0 bridgehead atoms. The summed E-state index contributed by atoms with van der Waals surface area (Å²) >= 11 is 3.74. The molecule has 2 aromatic carbocycles. The lowest BCUT2D eigenvalue weighted by molar-refractivity contribution is 0.273. The van der Waals surface area contributed by atoms with Crippen LogP contribution < -0.4 is 5.32 Å². The molecule has 1 heterocycles. The van der Waals surface area contributed by atoms with Crippen molar-refractivity contribution < 1.29 is 0 Å². The van der Waals surface area contributed by atoms with Crippen molar-refractivity contribution in [3.05, 3.63) is 68.7 Å². The first-order valence-corrected chi connectivity index (χ1v) is 8.34. The van der Waals surface area contributed by atoms with Crippen molar-refractivity contribution in [1.29, 1.82) is 0 Å². The van der Waals surface area contributed by atoms with Gasteiger partial charge < -0.3 is 5.32 Å². The van der Waals surface area contributed by atoms with Crippen LogP contribution in [0.2, 0.25) is 0 Å². The van der Waals surface area contributed by atoms with E-state index in [1.807, 2.05) is 0 Å². The van der Waals surface area contributed by atoms with Crippen molar-refractivity contribution in [2.75, 3.05) is 13.1 Å². The second-order valence-corrected chi connectivity index (χ2v) is 7.27. The maximum atomic E-state index is 3.74. The van der Waals surface area contributed by atoms with Crippen molar-refractivity contribution in [1.82, 2.24) is 5.32 Å². The second-order valence-electron chi connectivity index (χ2n) is 6.42. The molecule has 110 valence electrons. The summed E-state index contributed by atoms with van der Waals surface area (Å²) in [7, 11) is 0. The molecule has 2 aromatic rings. The lowest BCUT2D eigenvalue weighted by atomic mass is 9.70. The van der Waals surface area contributed by atoms with E-state index in [0.717, 1.165) is 19.5 Å².